The van der Waals surface area contributed by atoms with Gasteiger partial charge in [0, 0.05) is 31.2 Å². The third-order valence-corrected chi connectivity index (χ3v) is 7.55. The molecule has 3 aromatic heterocycles. The van der Waals surface area contributed by atoms with Crippen LogP contribution in [-0.4, -0.2) is 43.1 Å². The molecular formula is C23H20ClN3O5S. The number of nitrogens with zero attached hydrogens (tertiary/aromatic N) is 3. The Hall–Kier alpha value is -2.85. The molecule has 4 aromatic rings. The van der Waals surface area contributed by atoms with E-state index in [-0.39, 0.29) is 30.9 Å². The fraction of sp³-hybridized carbons (Fsp3) is 0.304. The Morgan fingerprint density at radius 2 is 2.09 bits per heavy atom. The summed E-state index contributed by atoms with van der Waals surface area (Å²) in [5.74, 6) is 0.118. The van der Waals surface area contributed by atoms with Crippen molar-refractivity contribution in [3.63, 3.8) is 0 Å². The lowest BCUT2D eigenvalue weighted by Crippen LogP contribution is -2.27. The number of fused-ring (bicyclic) bond motifs is 6. The van der Waals surface area contributed by atoms with E-state index in [1.165, 1.54) is 22.1 Å². The number of halogens is 1. The summed E-state index contributed by atoms with van der Waals surface area (Å²) in [7, 11) is 0. The maximum absolute atomic E-state index is 11.3. The van der Waals surface area contributed by atoms with Crippen molar-refractivity contribution in [1.82, 2.24) is 14.5 Å². The monoisotopic (exact) mass is 485 g/mol. The highest BCUT2D eigenvalue weighted by Gasteiger charge is 2.59. The number of benzene rings is 1. The number of hydrogen-bond donors (Lipinski definition) is 3. The van der Waals surface area contributed by atoms with Gasteiger partial charge in [-0.1, -0.05) is 11.6 Å². The summed E-state index contributed by atoms with van der Waals surface area (Å²) in [6.07, 6.45) is 1.94. The van der Waals surface area contributed by atoms with Gasteiger partial charge in [0.25, 0.3) is 0 Å². The molecule has 6 rings (SSSR count). The summed E-state index contributed by atoms with van der Waals surface area (Å²) in [6.45, 7) is 0.195. The molecule has 1 aromatic carbocycles. The molecule has 3 atom stereocenters. The first-order chi connectivity index (χ1) is 16.0. The summed E-state index contributed by atoms with van der Waals surface area (Å²) in [5.41, 5.74) is 3.47. The summed E-state index contributed by atoms with van der Waals surface area (Å²) in [5, 5.41) is 32.9. The molecule has 0 radical (unpaired) electrons. The molecule has 5 heterocycles. The Kier molecular flexibility index (Phi) is 4.77. The van der Waals surface area contributed by atoms with E-state index >= 15 is 0 Å². The van der Waals surface area contributed by atoms with Gasteiger partial charge in [0.05, 0.1) is 50.3 Å². The minimum atomic E-state index is -0.874. The van der Waals surface area contributed by atoms with Crippen molar-refractivity contribution in [3.05, 3.63) is 58.2 Å². The van der Waals surface area contributed by atoms with E-state index in [2.05, 4.69) is 9.97 Å². The molecule has 2 aliphatic heterocycles. The number of rotatable bonds is 6. The lowest BCUT2D eigenvalue weighted by molar-refractivity contribution is -0.0416. The van der Waals surface area contributed by atoms with Crippen LogP contribution in [0.3, 0.4) is 0 Å². The van der Waals surface area contributed by atoms with E-state index in [9.17, 15) is 15.3 Å². The van der Waals surface area contributed by atoms with E-state index in [1.54, 1.807) is 17.6 Å². The molecule has 0 amide bonds. The van der Waals surface area contributed by atoms with Gasteiger partial charge in [-0.2, -0.15) is 0 Å². The Bertz CT molecular complexity index is 1350. The van der Waals surface area contributed by atoms with E-state index in [1.807, 2.05) is 18.2 Å². The Morgan fingerprint density at radius 1 is 1.21 bits per heavy atom. The quantitative estimate of drug-likeness (QED) is 0.373. The second kappa shape index (κ2) is 7.59. The summed E-state index contributed by atoms with van der Waals surface area (Å²) >= 11 is 7.37. The first kappa shape index (κ1) is 20.7. The molecule has 0 spiro atoms. The molecule has 0 saturated carbocycles. The van der Waals surface area contributed by atoms with E-state index in [4.69, 9.17) is 21.1 Å². The molecule has 0 unspecified atom stereocenters. The van der Waals surface area contributed by atoms with Gasteiger partial charge in [-0.3, -0.25) is 4.57 Å². The summed E-state index contributed by atoms with van der Waals surface area (Å²) in [4.78, 5) is 8.43. The molecule has 0 aliphatic carbocycles. The van der Waals surface area contributed by atoms with Gasteiger partial charge < -0.3 is 24.8 Å². The number of aromatic nitrogens is 3. The first-order valence-corrected chi connectivity index (χ1v) is 11.8. The van der Waals surface area contributed by atoms with E-state index < -0.39 is 11.7 Å². The third-order valence-electron chi connectivity index (χ3n) is 6.53. The smallest absolute Gasteiger partial charge is 0.213 e. The lowest BCUT2D eigenvalue weighted by Gasteiger charge is -2.27. The fourth-order valence-corrected chi connectivity index (χ4v) is 5.92. The molecular weight excluding hydrogens is 466 g/mol. The Labute approximate surface area is 197 Å². The number of ether oxygens (including phenoxy) is 2. The zero-order chi connectivity index (χ0) is 22.7. The van der Waals surface area contributed by atoms with Crippen molar-refractivity contribution in [1.29, 1.82) is 0 Å². The summed E-state index contributed by atoms with van der Waals surface area (Å²) < 4.78 is 14.5. The topological polar surface area (TPSA) is 110 Å². The minimum Gasteiger partial charge on any atom is -0.494 e. The number of aliphatic hydroxyl groups is 1. The van der Waals surface area contributed by atoms with Crippen LogP contribution in [0.1, 0.15) is 30.1 Å². The highest BCUT2D eigenvalue weighted by Crippen LogP contribution is 2.64. The predicted molar refractivity (Wildman–Crippen MR) is 122 cm³/mol. The molecule has 2 aliphatic rings. The largest absolute Gasteiger partial charge is 0.494 e. The maximum Gasteiger partial charge on any atom is 0.213 e. The molecule has 1 saturated heterocycles. The zero-order valence-corrected chi connectivity index (χ0v) is 18.9. The van der Waals surface area contributed by atoms with Crippen LogP contribution in [-0.2, 0) is 10.3 Å². The molecule has 33 heavy (non-hydrogen) atoms. The van der Waals surface area contributed by atoms with Crippen LogP contribution in [0, 0.1) is 5.92 Å². The number of pyridine rings is 1. The molecule has 2 bridgehead atoms. The fourth-order valence-electron chi connectivity index (χ4n) is 5.10. The summed E-state index contributed by atoms with van der Waals surface area (Å²) in [6, 6.07) is 8.93. The van der Waals surface area contributed by atoms with Crippen molar-refractivity contribution < 1.29 is 24.8 Å². The van der Waals surface area contributed by atoms with Gasteiger partial charge in [0.2, 0.25) is 17.6 Å². The average Bonchev–Trinajstić information content (AvgIpc) is 3.56. The number of hydrogen-bond acceptors (Lipinski definition) is 8. The second-order valence-electron chi connectivity index (χ2n) is 8.37. The van der Waals surface area contributed by atoms with E-state index in [0.29, 0.717) is 40.6 Å². The van der Waals surface area contributed by atoms with Gasteiger partial charge in [-0.15, -0.1) is 11.3 Å². The van der Waals surface area contributed by atoms with Gasteiger partial charge in [0.15, 0.2) is 0 Å². The molecule has 8 nitrogen and oxygen atoms in total. The number of thiazole rings is 1. The average molecular weight is 486 g/mol. The number of aromatic hydroxyl groups is 2. The molecule has 1 fully saturated rings. The maximum atomic E-state index is 11.3. The normalized spacial score (nSPS) is 23.3. The highest BCUT2D eigenvalue weighted by atomic mass is 35.5. The molecule has 170 valence electrons. The van der Waals surface area contributed by atoms with Crippen LogP contribution in [0.25, 0.3) is 15.9 Å². The van der Waals surface area contributed by atoms with E-state index in [0.717, 1.165) is 10.2 Å². The predicted octanol–water partition coefficient (Wildman–Crippen LogP) is 4.29. The lowest BCUT2D eigenvalue weighted by atomic mass is 9.77. The third kappa shape index (κ3) is 3.11. The SMILES string of the molecule is OC[C@@H]1C[C@]2(CCOc3ccc(Cl)cn3)O[C@H]1c1c2c(O)n(-c2ccc3ncsc3c2)c1O. The molecule has 10 heteroatoms. The van der Waals surface area contributed by atoms with Crippen LogP contribution in [0.2, 0.25) is 5.02 Å². The van der Waals surface area contributed by atoms with Crippen LogP contribution < -0.4 is 4.74 Å². The van der Waals surface area contributed by atoms with Gasteiger partial charge in [-0.25, -0.2) is 9.97 Å². The van der Waals surface area contributed by atoms with Crippen LogP contribution in [0.4, 0.5) is 0 Å². The second-order valence-corrected chi connectivity index (χ2v) is 9.69. The van der Waals surface area contributed by atoms with Crippen molar-refractivity contribution in [2.45, 2.75) is 24.5 Å². The van der Waals surface area contributed by atoms with Gasteiger partial charge in [0.1, 0.15) is 5.60 Å². The minimum absolute atomic E-state index is 0.0603. The Balaban J connectivity index is 1.37. The van der Waals surface area contributed by atoms with Crippen molar-refractivity contribution in [2.75, 3.05) is 13.2 Å². The van der Waals surface area contributed by atoms with Crippen molar-refractivity contribution in [2.24, 2.45) is 5.92 Å². The van der Waals surface area contributed by atoms with Crippen molar-refractivity contribution in [3.8, 4) is 23.3 Å². The van der Waals surface area contributed by atoms with Crippen molar-refractivity contribution >= 4 is 33.2 Å². The highest BCUT2D eigenvalue weighted by molar-refractivity contribution is 7.16. The van der Waals surface area contributed by atoms with Gasteiger partial charge in [-0.05, 0) is 30.7 Å². The standard InChI is InChI=1S/C23H20ClN3O5S/c24-13-1-4-17(25-9-13)31-6-5-23-8-12(10-28)20(32-23)18-19(23)22(30)27(21(18)29)14-2-3-15-16(7-14)33-11-26-15/h1-4,7,9,11-12,20,28-30H,5-6,8,10H2/t12-,20+,23-/m0/s1. The Morgan fingerprint density at radius 3 is 2.88 bits per heavy atom. The van der Waals surface area contributed by atoms with Crippen LogP contribution in [0.15, 0.2) is 42.0 Å². The van der Waals surface area contributed by atoms with Crippen LogP contribution in [0.5, 0.6) is 17.6 Å². The molecule has 3 N–H and O–H groups in total. The number of aliphatic hydroxyl groups excluding tert-OH is 1. The van der Waals surface area contributed by atoms with Crippen LogP contribution >= 0.6 is 22.9 Å². The van der Waals surface area contributed by atoms with Gasteiger partial charge >= 0.3 is 0 Å². The zero-order valence-electron chi connectivity index (χ0n) is 17.3. The first-order valence-electron chi connectivity index (χ1n) is 10.5.